The van der Waals surface area contributed by atoms with Gasteiger partial charge in [-0.05, 0) is 24.6 Å². The second-order valence-electron chi connectivity index (χ2n) is 3.30. The Morgan fingerprint density at radius 1 is 1.50 bits per heavy atom. The molecule has 0 bridgehead atoms. The van der Waals surface area contributed by atoms with Crippen LogP contribution in [0.4, 0.5) is 0 Å². The topological polar surface area (TPSA) is 33.2 Å². The van der Waals surface area contributed by atoms with Crippen LogP contribution in [-0.4, -0.2) is 30.3 Å². The van der Waals surface area contributed by atoms with E-state index in [1.54, 1.807) is 6.20 Å². The van der Waals surface area contributed by atoms with Crippen molar-refractivity contribution >= 4 is 12.0 Å². The van der Waals surface area contributed by atoms with Crippen LogP contribution in [0.25, 0.3) is 5.70 Å². The van der Waals surface area contributed by atoms with Gasteiger partial charge in [0.15, 0.2) is 0 Å². The number of carbonyl (C=O) groups excluding carboxylic acids is 1. The molecule has 0 saturated heterocycles. The maximum Gasteiger partial charge on any atom is 0.144 e. The summed E-state index contributed by atoms with van der Waals surface area (Å²) in [6, 6.07) is 3.88. The predicted molar refractivity (Wildman–Crippen MR) is 56.7 cm³/mol. The highest BCUT2D eigenvalue weighted by atomic mass is 16.1. The lowest BCUT2D eigenvalue weighted by Gasteiger charge is -2.15. The zero-order valence-corrected chi connectivity index (χ0v) is 8.69. The van der Waals surface area contributed by atoms with Gasteiger partial charge < -0.3 is 4.90 Å². The Kier molecular flexibility index (Phi) is 3.40. The first-order valence-corrected chi connectivity index (χ1v) is 4.41. The summed E-state index contributed by atoms with van der Waals surface area (Å²) in [6.45, 7) is 2.00. The summed E-state index contributed by atoms with van der Waals surface area (Å²) in [5, 5.41) is 0. The molecular weight excluding hydrogens is 176 g/mol. The molecule has 0 radical (unpaired) electrons. The van der Waals surface area contributed by atoms with E-state index < -0.39 is 0 Å². The number of aldehydes is 1. The summed E-state index contributed by atoms with van der Waals surface area (Å²) in [5.74, 6) is 0. The summed E-state index contributed by atoms with van der Waals surface area (Å²) in [4.78, 5) is 16.5. The Hall–Kier alpha value is -1.64. The summed E-state index contributed by atoms with van der Waals surface area (Å²) < 4.78 is 0. The smallest absolute Gasteiger partial charge is 0.144 e. The Balaban J connectivity index is 3.12. The van der Waals surface area contributed by atoms with Gasteiger partial charge in [0.25, 0.3) is 0 Å². The van der Waals surface area contributed by atoms with Gasteiger partial charge in [-0.3, -0.25) is 9.78 Å². The number of carbonyl (C=O) groups is 1. The fraction of sp³-hybridized carbons (Fsp3) is 0.273. The van der Waals surface area contributed by atoms with Gasteiger partial charge in [-0.1, -0.05) is 0 Å². The number of rotatable bonds is 3. The number of hydrogen-bond acceptors (Lipinski definition) is 3. The van der Waals surface area contributed by atoms with Crippen molar-refractivity contribution in [1.29, 1.82) is 0 Å². The minimum atomic E-state index is 0.777. The molecule has 1 aromatic heterocycles. The van der Waals surface area contributed by atoms with Crippen LogP contribution in [0.5, 0.6) is 0 Å². The minimum absolute atomic E-state index is 0.777. The van der Waals surface area contributed by atoms with E-state index in [1.165, 1.54) is 6.08 Å². The molecule has 0 aliphatic rings. The normalized spacial score (nSPS) is 11.2. The highest BCUT2D eigenvalue weighted by Gasteiger charge is 2.04. The van der Waals surface area contributed by atoms with Crippen molar-refractivity contribution in [1.82, 2.24) is 9.88 Å². The lowest BCUT2D eigenvalue weighted by molar-refractivity contribution is -0.104. The monoisotopic (exact) mass is 190 g/mol. The molecule has 14 heavy (non-hydrogen) atoms. The third kappa shape index (κ3) is 2.42. The molecule has 3 heteroatoms. The van der Waals surface area contributed by atoms with E-state index in [-0.39, 0.29) is 0 Å². The second-order valence-corrected chi connectivity index (χ2v) is 3.30. The van der Waals surface area contributed by atoms with Gasteiger partial charge >= 0.3 is 0 Å². The molecule has 0 saturated carbocycles. The van der Waals surface area contributed by atoms with Gasteiger partial charge in [-0.15, -0.1) is 0 Å². The molecule has 1 heterocycles. The first-order chi connectivity index (χ1) is 6.65. The Labute approximate surface area is 84.1 Å². The Bertz CT molecular complexity index is 356. The van der Waals surface area contributed by atoms with Crippen LogP contribution in [0.1, 0.15) is 11.3 Å². The van der Waals surface area contributed by atoms with Crippen molar-refractivity contribution in [2.45, 2.75) is 6.92 Å². The van der Waals surface area contributed by atoms with Crippen molar-refractivity contribution in [2.24, 2.45) is 0 Å². The Morgan fingerprint density at radius 3 is 2.71 bits per heavy atom. The quantitative estimate of drug-likeness (QED) is 0.535. The molecule has 0 N–H and O–H groups in total. The van der Waals surface area contributed by atoms with E-state index in [1.807, 2.05) is 38.1 Å². The molecule has 3 nitrogen and oxygen atoms in total. The van der Waals surface area contributed by atoms with Crippen molar-refractivity contribution in [3.05, 3.63) is 35.7 Å². The zero-order valence-electron chi connectivity index (χ0n) is 8.69. The molecule has 0 amide bonds. The van der Waals surface area contributed by atoms with E-state index in [2.05, 4.69) is 4.98 Å². The van der Waals surface area contributed by atoms with Gasteiger partial charge in [-0.2, -0.15) is 0 Å². The third-order valence-corrected chi connectivity index (χ3v) is 1.89. The number of nitrogens with zero attached hydrogens (tertiary/aromatic N) is 2. The predicted octanol–water partition coefficient (Wildman–Crippen LogP) is 1.49. The van der Waals surface area contributed by atoms with E-state index in [4.69, 9.17) is 0 Å². The molecular formula is C11H14N2O. The molecule has 0 aliphatic carbocycles. The lowest BCUT2D eigenvalue weighted by Crippen LogP contribution is -2.11. The average molecular weight is 190 g/mol. The van der Waals surface area contributed by atoms with Gasteiger partial charge in [0.2, 0.25) is 0 Å². The molecule has 0 aliphatic heterocycles. The van der Waals surface area contributed by atoms with Crippen LogP contribution < -0.4 is 0 Å². The maximum absolute atomic E-state index is 10.4. The largest absolute Gasteiger partial charge is 0.376 e. The van der Waals surface area contributed by atoms with E-state index >= 15 is 0 Å². The Morgan fingerprint density at radius 2 is 2.21 bits per heavy atom. The number of aromatic nitrogens is 1. The van der Waals surface area contributed by atoms with Crippen LogP contribution in [0.15, 0.2) is 24.4 Å². The van der Waals surface area contributed by atoms with Gasteiger partial charge in [0.05, 0.1) is 11.4 Å². The first-order valence-electron chi connectivity index (χ1n) is 4.41. The SMILES string of the molecule is Cc1ccnc(C(=CC=O)N(C)C)c1. The lowest BCUT2D eigenvalue weighted by atomic mass is 10.2. The fourth-order valence-electron chi connectivity index (χ4n) is 1.20. The highest BCUT2D eigenvalue weighted by Crippen LogP contribution is 2.14. The van der Waals surface area contributed by atoms with E-state index in [9.17, 15) is 4.79 Å². The van der Waals surface area contributed by atoms with Crippen LogP contribution in [0.2, 0.25) is 0 Å². The van der Waals surface area contributed by atoms with Crippen molar-refractivity contribution in [2.75, 3.05) is 14.1 Å². The number of pyridine rings is 1. The van der Waals surface area contributed by atoms with Gasteiger partial charge in [0, 0.05) is 26.4 Å². The van der Waals surface area contributed by atoms with Crippen LogP contribution >= 0.6 is 0 Å². The molecule has 0 fully saturated rings. The second kappa shape index (κ2) is 4.56. The van der Waals surface area contributed by atoms with Crippen molar-refractivity contribution < 1.29 is 4.79 Å². The molecule has 0 unspecified atom stereocenters. The molecule has 1 rings (SSSR count). The van der Waals surface area contributed by atoms with Crippen molar-refractivity contribution in [3.8, 4) is 0 Å². The van der Waals surface area contributed by atoms with Gasteiger partial charge in [-0.25, -0.2) is 0 Å². The molecule has 0 spiro atoms. The molecule has 1 aromatic rings. The fourth-order valence-corrected chi connectivity index (χ4v) is 1.20. The number of allylic oxidation sites excluding steroid dienone is 1. The molecule has 0 aromatic carbocycles. The van der Waals surface area contributed by atoms with Crippen molar-refractivity contribution in [3.63, 3.8) is 0 Å². The zero-order chi connectivity index (χ0) is 10.6. The van der Waals surface area contributed by atoms with E-state index in [0.717, 1.165) is 23.2 Å². The summed E-state index contributed by atoms with van der Waals surface area (Å²) >= 11 is 0. The number of hydrogen-bond donors (Lipinski definition) is 0. The summed E-state index contributed by atoms with van der Waals surface area (Å²) in [6.07, 6.45) is 4.04. The maximum atomic E-state index is 10.4. The molecule has 74 valence electrons. The number of aryl methyl sites for hydroxylation is 1. The summed E-state index contributed by atoms with van der Waals surface area (Å²) in [5.41, 5.74) is 2.78. The van der Waals surface area contributed by atoms with E-state index in [0.29, 0.717) is 0 Å². The molecule has 0 atom stereocenters. The first kappa shape index (κ1) is 10.4. The van der Waals surface area contributed by atoms with Gasteiger partial charge in [0.1, 0.15) is 6.29 Å². The van der Waals surface area contributed by atoms with Crippen LogP contribution in [-0.2, 0) is 4.79 Å². The average Bonchev–Trinajstić information content (AvgIpc) is 2.13. The standard InChI is InChI=1S/C11H14N2O/c1-9-4-6-12-10(8-9)11(5-7-14)13(2)3/h4-8H,1-3H3. The highest BCUT2D eigenvalue weighted by molar-refractivity contribution is 5.79. The minimum Gasteiger partial charge on any atom is -0.376 e. The van der Waals surface area contributed by atoms with Crippen LogP contribution in [0, 0.1) is 6.92 Å². The summed E-state index contributed by atoms with van der Waals surface area (Å²) in [7, 11) is 3.78. The van der Waals surface area contributed by atoms with Crippen LogP contribution in [0.3, 0.4) is 0 Å². The third-order valence-electron chi connectivity index (χ3n) is 1.89.